The van der Waals surface area contributed by atoms with Crippen molar-refractivity contribution in [1.29, 1.82) is 0 Å². The number of likely N-dealkylation sites (tertiary alicyclic amines) is 1. The summed E-state index contributed by atoms with van der Waals surface area (Å²) in [4.78, 5) is 37.5. The SMILES string of the molecule is COc1ccc([C@@H](C)N2C[C@H]([C@@H](C)Oc3nc(-c4ccc5c(c4)NC(=O)C5(C)C)cc4ncn(C5CC5)c34)CC2=O)cc1. The van der Waals surface area contributed by atoms with Gasteiger partial charge in [0.15, 0.2) is 0 Å². The topological polar surface area (TPSA) is 98.6 Å². The first-order chi connectivity index (χ1) is 20.6. The molecule has 0 radical (unpaired) electrons. The molecule has 1 saturated carbocycles. The molecule has 0 bridgehead atoms. The summed E-state index contributed by atoms with van der Waals surface area (Å²) in [7, 11) is 1.65. The number of nitrogens with zero attached hydrogens (tertiary/aromatic N) is 4. The average molecular weight is 580 g/mol. The van der Waals surface area contributed by atoms with Gasteiger partial charge in [-0.3, -0.25) is 9.59 Å². The highest BCUT2D eigenvalue weighted by molar-refractivity contribution is 6.06. The van der Waals surface area contributed by atoms with Crippen molar-refractivity contribution in [2.75, 3.05) is 19.0 Å². The maximum atomic E-state index is 13.2. The van der Waals surface area contributed by atoms with Crippen molar-refractivity contribution < 1.29 is 19.1 Å². The number of rotatable bonds is 8. The van der Waals surface area contributed by atoms with Crippen LogP contribution in [0.3, 0.4) is 0 Å². The second kappa shape index (κ2) is 10.1. The number of imidazole rings is 1. The molecule has 4 heterocycles. The van der Waals surface area contributed by atoms with Crippen molar-refractivity contribution in [3.8, 4) is 22.9 Å². The molecule has 0 unspecified atom stereocenters. The summed E-state index contributed by atoms with van der Waals surface area (Å²) in [5.41, 5.74) is 5.61. The van der Waals surface area contributed by atoms with E-state index in [1.54, 1.807) is 7.11 Å². The van der Waals surface area contributed by atoms with Gasteiger partial charge in [-0.05, 0) is 75.9 Å². The van der Waals surface area contributed by atoms with Gasteiger partial charge in [-0.1, -0.05) is 24.3 Å². The minimum absolute atomic E-state index is 0.00875. The van der Waals surface area contributed by atoms with Crippen molar-refractivity contribution in [3.05, 3.63) is 66.0 Å². The first-order valence-corrected chi connectivity index (χ1v) is 15.1. The fourth-order valence-electron chi connectivity index (χ4n) is 6.42. The van der Waals surface area contributed by atoms with Crippen LogP contribution in [0.5, 0.6) is 11.6 Å². The highest BCUT2D eigenvalue weighted by Gasteiger charge is 2.39. The van der Waals surface area contributed by atoms with Gasteiger partial charge in [0.25, 0.3) is 0 Å². The second-order valence-corrected chi connectivity index (χ2v) is 12.7. The number of anilines is 1. The van der Waals surface area contributed by atoms with Crippen LogP contribution in [0.15, 0.2) is 54.9 Å². The van der Waals surface area contributed by atoms with Crippen LogP contribution in [0.1, 0.15) is 70.2 Å². The van der Waals surface area contributed by atoms with Gasteiger partial charge < -0.3 is 24.3 Å². The summed E-state index contributed by atoms with van der Waals surface area (Å²) in [6.07, 6.45) is 4.28. The summed E-state index contributed by atoms with van der Waals surface area (Å²) < 4.78 is 14.1. The van der Waals surface area contributed by atoms with Crippen molar-refractivity contribution in [3.63, 3.8) is 0 Å². The number of fused-ring (bicyclic) bond motifs is 2. The van der Waals surface area contributed by atoms with E-state index in [1.165, 1.54) is 0 Å². The Morgan fingerprint density at radius 2 is 1.81 bits per heavy atom. The van der Waals surface area contributed by atoms with Gasteiger partial charge in [-0.15, -0.1) is 0 Å². The van der Waals surface area contributed by atoms with E-state index < -0.39 is 5.41 Å². The van der Waals surface area contributed by atoms with Crippen LogP contribution in [0.4, 0.5) is 5.69 Å². The van der Waals surface area contributed by atoms with Crippen molar-refractivity contribution in [2.45, 2.75) is 70.6 Å². The zero-order valence-corrected chi connectivity index (χ0v) is 25.3. The molecular formula is C34H37N5O4. The number of pyridine rings is 1. The molecule has 4 aromatic rings. The maximum Gasteiger partial charge on any atom is 0.241 e. The highest BCUT2D eigenvalue weighted by atomic mass is 16.5. The summed E-state index contributed by atoms with van der Waals surface area (Å²) in [6, 6.07) is 16.2. The number of benzene rings is 2. The minimum atomic E-state index is -0.574. The Morgan fingerprint density at radius 3 is 2.53 bits per heavy atom. The predicted octanol–water partition coefficient (Wildman–Crippen LogP) is 6.05. The molecule has 3 atom stereocenters. The van der Waals surface area contributed by atoms with E-state index in [4.69, 9.17) is 19.4 Å². The third kappa shape index (κ3) is 4.71. The van der Waals surface area contributed by atoms with Gasteiger partial charge >= 0.3 is 0 Å². The molecule has 9 heteroatoms. The molecule has 3 aliphatic rings. The molecule has 1 N–H and O–H groups in total. The molecule has 2 amide bonds. The van der Waals surface area contributed by atoms with Gasteiger partial charge in [0.05, 0.1) is 36.1 Å². The van der Waals surface area contributed by atoms with Crippen LogP contribution in [0.25, 0.3) is 22.3 Å². The van der Waals surface area contributed by atoms with Crippen LogP contribution in [0, 0.1) is 5.92 Å². The molecule has 1 aliphatic carbocycles. The number of ether oxygens (including phenoxy) is 2. The summed E-state index contributed by atoms with van der Waals surface area (Å²) in [5.74, 6) is 1.46. The Morgan fingerprint density at radius 1 is 1.05 bits per heavy atom. The molecule has 1 saturated heterocycles. The molecule has 7 rings (SSSR count). The lowest BCUT2D eigenvalue weighted by Crippen LogP contribution is -2.31. The lowest BCUT2D eigenvalue weighted by molar-refractivity contribution is -0.129. The second-order valence-electron chi connectivity index (χ2n) is 12.7. The molecule has 43 heavy (non-hydrogen) atoms. The number of carbonyl (C=O) groups excluding carboxylic acids is 2. The Kier molecular flexibility index (Phi) is 6.45. The number of carbonyl (C=O) groups is 2. The zero-order valence-electron chi connectivity index (χ0n) is 25.3. The Balaban J connectivity index is 1.17. The van der Waals surface area contributed by atoms with E-state index in [0.29, 0.717) is 24.9 Å². The third-order valence-corrected chi connectivity index (χ3v) is 9.48. The predicted molar refractivity (Wildman–Crippen MR) is 164 cm³/mol. The van der Waals surface area contributed by atoms with E-state index in [9.17, 15) is 9.59 Å². The molecule has 2 aliphatic heterocycles. The van der Waals surface area contributed by atoms with Crippen molar-refractivity contribution >= 4 is 28.5 Å². The fourth-order valence-corrected chi connectivity index (χ4v) is 6.42. The fraction of sp³-hybridized carbons (Fsp3) is 0.412. The van der Waals surface area contributed by atoms with Gasteiger partial charge in [-0.25, -0.2) is 9.97 Å². The van der Waals surface area contributed by atoms with Crippen LogP contribution in [0.2, 0.25) is 0 Å². The van der Waals surface area contributed by atoms with E-state index >= 15 is 0 Å². The van der Waals surface area contributed by atoms with Gasteiger partial charge in [0.2, 0.25) is 17.7 Å². The number of hydrogen-bond donors (Lipinski definition) is 1. The molecule has 0 spiro atoms. The first kappa shape index (κ1) is 27.4. The molecule has 9 nitrogen and oxygen atoms in total. The molecule has 222 valence electrons. The van der Waals surface area contributed by atoms with Crippen molar-refractivity contribution in [1.82, 2.24) is 19.4 Å². The van der Waals surface area contributed by atoms with Crippen LogP contribution in [-0.2, 0) is 15.0 Å². The zero-order chi connectivity index (χ0) is 30.0. The van der Waals surface area contributed by atoms with Crippen LogP contribution < -0.4 is 14.8 Å². The standard InChI is InChI=1S/C34H37N5O4/c1-19(21-6-11-25(42-5)12-7-21)38-17-23(15-30(38)40)20(2)43-32-31-29(35-18-39(31)24-9-10-24)16-27(36-32)22-8-13-26-28(14-22)37-33(41)34(26,3)4/h6-8,11-14,16,18-20,23-24H,9-10,15,17H2,1-5H3,(H,37,41)/t19-,20-,23-/m1/s1. The van der Waals surface area contributed by atoms with E-state index in [0.717, 1.165) is 57.7 Å². The smallest absolute Gasteiger partial charge is 0.241 e. The summed E-state index contributed by atoms with van der Waals surface area (Å²) in [6.45, 7) is 8.57. The normalized spacial score (nSPS) is 20.7. The maximum absolute atomic E-state index is 13.2. The summed E-state index contributed by atoms with van der Waals surface area (Å²) >= 11 is 0. The minimum Gasteiger partial charge on any atom is -0.497 e. The van der Waals surface area contributed by atoms with Crippen LogP contribution in [-0.4, -0.2) is 51.0 Å². The van der Waals surface area contributed by atoms with Crippen LogP contribution >= 0.6 is 0 Å². The first-order valence-electron chi connectivity index (χ1n) is 15.1. The van der Waals surface area contributed by atoms with Crippen molar-refractivity contribution in [2.24, 2.45) is 5.92 Å². The molecule has 2 fully saturated rings. The number of hydrogen-bond acceptors (Lipinski definition) is 6. The van der Waals surface area contributed by atoms with E-state index in [1.807, 2.05) is 80.5 Å². The third-order valence-electron chi connectivity index (χ3n) is 9.48. The number of nitrogens with one attached hydrogen (secondary N) is 1. The Bertz CT molecular complexity index is 1740. The molecule has 2 aromatic heterocycles. The number of methoxy groups -OCH3 is 1. The van der Waals surface area contributed by atoms with E-state index in [-0.39, 0.29) is 29.9 Å². The van der Waals surface area contributed by atoms with Gasteiger partial charge in [-0.2, -0.15) is 0 Å². The van der Waals surface area contributed by atoms with Gasteiger partial charge in [0.1, 0.15) is 17.4 Å². The molecule has 2 aromatic carbocycles. The molecular weight excluding hydrogens is 542 g/mol. The number of amides is 2. The lowest BCUT2D eigenvalue weighted by Gasteiger charge is -2.27. The Labute approximate surface area is 251 Å². The largest absolute Gasteiger partial charge is 0.497 e. The average Bonchev–Trinajstić information content (AvgIpc) is 3.56. The lowest BCUT2D eigenvalue weighted by atomic mass is 9.86. The van der Waals surface area contributed by atoms with Gasteiger partial charge in [0, 0.05) is 36.2 Å². The monoisotopic (exact) mass is 579 g/mol. The summed E-state index contributed by atoms with van der Waals surface area (Å²) in [5, 5.41) is 3.02. The highest BCUT2D eigenvalue weighted by Crippen LogP contribution is 2.43. The quantitative estimate of drug-likeness (QED) is 0.273. The number of aromatic nitrogens is 3. The Hall–Kier alpha value is -4.40. The van der Waals surface area contributed by atoms with E-state index in [2.05, 4.69) is 16.8 Å².